The lowest BCUT2D eigenvalue weighted by atomic mass is 10.2. The first kappa shape index (κ1) is 13.8. The lowest BCUT2D eigenvalue weighted by Gasteiger charge is -2.14. The third-order valence-corrected chi connectivity index (χ3v) is 3.21. The van der Waals surface area contributed by atoms with Crippen molar-refractivity contribution in [1.29, 1.82) is 0 Å². The number of rotatable bonds is 5. The maximum atomic E-state index is 11.4. The first-order valence-corrected chi connectivity index (χ1v) is 6.51. The highest BCUT2D eigenvalue weighted by atomic mass is 16.5. The van der Waals surface area contributed by atoms with Crippen LogP contribution in [-0.4, -0.2) is 50.7 Å². The van der Waals surface area contributed by atoms with E-state index in [1.54, 1.807) is 0 Å². The van der Waals surface area contributed by atoms with Gasteiger partial charge < -0.3 is 20.3 Å². The molecule has 1 aliphatic heterocycles. The number of hydrogen-bond donors (Lipinski definition) is 2. The summed E-state index contributed by atoms with van der Waals surface area (Å²) in [6.07, 6.45) is 1.17. The van der Waals surface area contributed by atoms with Crippen molar-refractivity contribution in [2.75, 3.05) is 44.5 Å². The molecule has 1 aromatic rings. The van der Waals surface area contributed by atoms with Crippen LogP contribution < -0.4 is 10.6 Å². The quantitative estimate of drug-likeness (QED) is 0.843. The van der Waals surface area contributed by atoms with Crippen LogP contribution in [0.25, 0.3) is 0 Å². The first-order valence-electron chi connectivity index (χ1n) is 6.51. The molecule has 1 amide bonds. The van der Waals surface area contributed by atoms with Crippen molar-refractivity contribution in [3.8, 4) is 0 Å². The number of hydrogen-bond acceptors (Lipinski definition) is 4. The molecule has 1 aliphatic rings. The van der Waals surface area contributed by atoms with Crippen LogP contribution in [0.1, 0.15) is 6.42 Å². The summed E-state index contributed by atoms with van der Waals surface area (Å²) in [6.45, 7) is 2.30. The smallest absolute Gasteiger partial charge is 0.250 e. The second-order valence-corrected chi connectivity index (χ2v) is 4.95. The van der Waals surface area contributed by atoms with E-state index in [-0.39, 0.29) is 12.5 Å². The molecule has 0 spiro atoms. The summed E-state index contributed by atoms with van der Waals surface area (Å²) in [5.74, 6) is -0.138. The molecule has 0 aliphatic carbocycles. The topological polar surface area (TPSA) is 53.6 Å². The summed E-state index contributed by atoms with van der Waals surface area (Å²) in [5.41, 5.74) is 1.88. The molecule has 1 atom stereocenters. The Morgan fingerprint density at radius 2 is 2.05 bits per heavy atom. The predicted octanol–water partition coefficient (Wildman–Crippen LogP) is 1.39. The number of amides is 1. The van der Waals surface area contributed by atoms with Gasteiger partial charge in [-0.05, 0) is 44.3 Å². The molecule has 104 valence electrons. The molecular formula is C14H21N3O2. The molecule has 19 heavy (non-hydrogen) atoms. The number of methoxy groups -OCH3 is 1. The van der Waals surface area contributed by atoms with E-state index in [1.807, 2.05) is 24.3 Å². The van der Waals surface area contributed by atoms with Crippen LogP contribution in [0.3, 0.4) is 0 Å². The van der Waals surface area contributed by atoms with Crippen LogP contribution in [0.15, 0.2) is 24.3 Å². The van der Waals surface area contributed by atoms with Gasteiger partial charge >= 0.3 is 0 Å². The number of ether oxygens (including phenoxy) is 1. The van der Waals surface area contributed by atoms with Crippen molar-refractivity contribution in [1.82, 2.24) is 4.90 Å². The molecule has 1 fully saturated rings. The van der Waals surface area contributed by atoms with Crippen molar-refractivity contribution in [2.24, 2.45) is 0 Å². The van der Waals surface area contributed by atoms with E-state index in [0.717, 1.165) is 24.5 Å². The van der Waals surface area contributed by atoms with Gasteiger partial charge in [0.05, 0.1) is 0 Å². The van der Waals surface area contributed by atoms with E-state index < -0.39 is 0 Å². The number of carbonyl (C=O) groups excluding carboxylic acids is 1. The number of likely N-dealkylation sites (tertiary alicyclic amines) is 1. The van der Waals surface area contributed by atoms with E-state index in [2.05, 4.69) is 22.6 Å². The van der Waals surface area contributed by atoms with Gasteiger partial charge in [-0.3, -0.25) is 4.79 Å². The second kappa shape index (κ2) is 6.54. The van der Waals surface area contributed by atoms with Crippen LogP contribution in [0, 0.1) is 0 Å². The minimum Gasteiger partial charge on any atom is -0.381 e. The minimum atomic E-state index is -0.138. The lowest BCUT2D eigenvalue weighted by Crippen LogP contribution is -2.23. The van der Waals surface area contributed by atoms with Gasteiger partial charge in [-0.2, -0.15) is 0 Å². The van der Waals surface area contributed by atoms with Crippen molar-refractivity contribution < 1.29 is 9.53 Å². The highest BCUT2D eigenvalue weighted by Crippen LogP contribution is 2.17. The van der Waals surface area contributed by atoms with Gasteiger partial charge in [0.25, 0.3) is 0 Å². The monoisotopic (exact) mass is 263 g/mol. The van der Waals surface area contributed by atoms with Gasteiger partial charge in [0.15, 0.2) is 0 Å². The fraction of sp³-hybridized carbons (Fsp3) is 0.500. The van der Waals surface area contributed by atoms with Gasteiger partial charge in [0.1, 0.15) is 6.61 Å². The summed E-state index contributed by atoms with van der Waals surface area (Å²) in [6, 6.07) is 8.28. The van der Waals surface area contributed by atoms with E-state index >= 15 is 0 Å². The number of nitrogens with zero attached hydrogens (tertiary/aromatic N) is 1. The minimum absolute atomic E-state index is 0.0778. The van der Waals surface area contributed by atoms with E-state index in [4.69, 9.17) is 4.74 Å². The maximum absolute atomic E-state index is 11.4. The summed E-state index contributed by atoms with van der Waals surface area (Å²) in [5, 5.41) is 6.27. The van der Waals surface area contributed by atoms with Crippen LogP contribution in [0.4, 0.5) is 11.4 Å². The Kier molecular flexibility index (Phi) is 4.76. The molecule has 5 heteroatoms. The maximum Gasteiger partial charge on any atom is 0.250 e. The Hall–Kier alpha value is -1.59. The van der Waals surface area contributed by atoms with Crippen LogP contribution in [0.2, 0.25) is 0 Å². The molecular weight excluding hydrogens is 242 g/mol. The number of likely N-dealkylation sites (N-methyl/N-ethyl adjacent to an activating group) is 1. The van der Waals surface area contributed by atoms with Crippen molar-refractivity contribution in [3.05, 3.63) is 24.3 Å². The third kappa shape index (κ3) is 4.22. The Morgan fingerprint density at radius 1 is 1.37 bits per heavy atom. The number of anilines is 2. The zero-order valence-corrected chi connectivity index (χ0v) is 11.5. The predicted molar refractivity (Wildman–Crippen MR) is 76.5 cm³/mol. The number of carbonyl (C=O) groups is 1. The molecule has 0 aromatic heterocycles. The zero-order valence-electron chi connectivity index (χ0n) is 11.5. The average molecular weight is 263 g/mol. The summed E-state index contributed by atoms with van der Waals surface area (Å²) < 4.78 is 4.77. The highest BCUT2D eigenvalue weighted by Gasteiger charge is 2.18. The van der Waals surface area contributed by atoms with Gasteiger partial charge in [0.2, 0.25) is 5.91 Å². The Labute approximate surface area is 113 Å². The molecule has 5 nitrogen and oxygen atoms in total. The van der Waals surface area contributed by atoms with Gasteiger partial charge in [-0.25, -0.2) is 0 Å². The standard InChI is InChI=1S/C14H21N3O2/c1-17-8-7-13(9-17)15-11-3-5-12(6-4-11)16-14(18)10-19-2/h3-6,13,15H,7-10H2,1-2H3,(H,16,18). The molecule has 1 unspecified atom stereocenters. The number of nitrogens with one attached hydrogen (secondary N) is 2. The van der Waals surface area contributed by atoms with Gasteiger partial charge in [-0.1, -0.05) is 0 Å². The van der Waals surface area contributed by atoms with Crippen molar-refractivity contribution >= 4 is 17.3 Å². The summed E-state index contributed by atoms with van der Waals surface area (Å²) in [4.78, 5) is 13.7. The SMILES string of the molecule is COCC(=O)Nc1ccc(NC2CCN(C)C2)cc1. The molecule has 0 bridgehead atoms. The lowest BCUT2D eigenvalue weighted by molar-refractivity contribution is -0.119. The fourth-order valence-corrected chi connectivity index (χ4v) is 2.27. The Balaban J connectivity index is 1.86. The largest absolute Gasteiger partial charge is 0.381 e. The van der Waals surface area contributed by atoms with E-state index in [1.165, 1.54) is 13.5 Å². The molecule has 1 heterocycles. The molecule has 1 aromatic carbocycles. The second-order valence-electron chi connectivity index (χ2n) is 4.95. The van der Waals surface area contributed by atoms with Gasteiger partial charge in [-0.15, -0.1) is 0 Å². The summed E-state index contributed by atoms with van der Waals surface area (Å²) in [7, 11) is 3.64. The highest BCUT2D eigenvalue weighted by molar-refractivity contribution is 5.91. The Morgan fingerprint density at radius 3 is 2.63 bits per heavy atom. The third-order valence-electron chi connectivity index (χ3n) is 3.21. The molecule has 2 rings (SSSR count). The molecule has 0 saturated carbocycles. The average Bonchev–Trinajstić information content (AvgIpc) is 2.78. The number of benzene rings is 1. The van der Waals surface area contributed by atoms with Crippen molar-refractivity contribution in [3.63, 3.8) is 0 Å². The fourth-order valence-electron chi connectivity index (χ4n) is 2.27. The van der Waals surface area contributed by atoms with Gasteiger partial charge in [0, 0.05) is 31.1 Å². The van der Waals surface area contributed by atoms with E-state index in [0.29, 0.717) is 6.04 Å². The first-order chi connectivity index (χ1) is 9.17. The molecule has 2 N–H and O–H groups in total. The van der Waals surface area contributed by atoms with Crippen molar-refractivity contribution in [2.45, 2.75) is 12.5 Å². The van der Waals surface area contributed by atoms with Crippen LogP contribution in [-0.2, 0) is 9.53 Å². The van der Waals surface area contributed by atoms with E-state index in [9.17, 15) is 4.79 Å². The summed E-state index contributed by atoms with van der Waals surface area (Å²) >= 11 is 0. The molecule has 1 saturated heterocycles. The normalized spacial score (nSPS) is 19.4. The van der Waals surface area contributed by atoms with Crippen LogP contribution in [0.5, 0.6) is 0 Å². The van der Waals surface area contributed by atoms with Crippen LogP contribution >= 0.6 is 0 Å². The zero-order chi connectivity index (χ0) is 13.7. The molecule has 0 radical (unpaired) electrons. The Bertz CT molecular complexity index is 419.